The summed E-state index contributed by atoms with van der Waals surface area (Å²) in [6, 6.07) is 0.548. The van der Waals surface area contributed by atoms with Crippen LogP contribution in [0.5, 0.6) is 0 Å². The van der Waals surface area contributed by atoms with Crippen LogP contribution in [0.3, 0.4) is 0 Å². The van der Waals surface area contributed by atoms with E-state index in [1.165, 1.54) is 6.42 Å². The Hall–Kier alpha value is -1.06. The molecule has 0 aromatic carbocycles. The quantitative estimate of drug-likeness (QED) is 0.740. The van der Waals surface area contributed by atoms with Gasteiger partial charge in [0.25, 0.3) is 0 Å². The molecule has 0 saturated heterocycles. The first-order valence-electron chi connectivity index (χ1n) is 4.29. The van der Waals surface area contributed by atoms with Crippen LogP contribution in [0.25, 0.3) is 0 Å². The molecule has 1 heterocycles. The number of anilines is 1. The molecule has 2 unspecified atom stereocenters. The smallest absolute Gasteiger partial charge is 0.315 e. The lowest BCUT2D eigenvalue weighted by Crippen LogP contribution is -2.04. The monoisotopic (exact) mass is 167 g/mol. The van der Waals surface area contributed by atoms with E-state index < -0.39 is 0 Å². The van der Waals surface area contributed by atoms with Gasteiger partial charge in [-0.2, -0.15) is 0 Å². The van der Waals surface area contributed by atoms with Gasteiger partial charge in [0.1, 0.15) is 0 Å². The van der Waals surface area contributed by atoms with Crippen molar-refractivity contribution in [1.82, 2.24) is 10.2 Å². The minimum Gasteiger partial charge on any atom is -0.408 e. The topological polar surface area (TPSA) is 51.0 Å². The highest BCUT2D eigenvalue weighted by molar-refractivity contribution is 5.17. The highest BCUT2D eigenvalue weighted by Gasteiger charge is 2.32. The summed E-state index contributed by atoms with van der Waals surface area (Å²) in [4.78, 5) is 0. The molecule has 1 aliphatic carbocycles. The molecule has 4 heteroatoms. The van der Waals surface area contributed by atoms with Crippen molar-refractivity contribution in [3.05, 3.63) is 5.89 Å². The second kappa shape index (κ2) is 2.77. The molecule has 1 aromatic heterocycles. The van der Waals surface area contributed by atoms with Crippen LogP contribution < -0.4 is 5.32 Å². The number of aromatic nitrogens is 2. The average molecular weight is 167 g/mol. The number of hydrogen-bond acceptors (Lipinski definition) is 4. The molecule has 0 bridgehead atoms. The van der Waals surface area contributed by atoms with Gasteiger partial charge in [-0.05, 0) is 18.3 Å². The van der Waals surface area contributed by atoms with Crippen molar-refractivity contribution in [2.24, 2.45) is 11.8 Å². The second-order valence-corrected chi connectivity index (χ2v) is 3.48. The Morgan fingerprint density at radius 1 is 1.58 bits per heavy atom. The summed E-state index contributed by atoms with van der Waals surface area (Å²) in [6.45, 7) is 5.01. The molecule has 12 heavy (non-hydrogen) atoms. The largest absolute Gasteiger partial charge is 0.408 e. The number of hydrogen-bond donors (Lipinski definition) is 1. The zero-order valence-electron chi connectivity index (χ0n) is 7.37. The van der Waals surface area contributed by atoms with Crippen LogP contribution in [0.4, 0.5) is 6.01 Å². The van der Waals surface area contributed by atoms with Crippen LogP contribution in [0.15, 0.2) is 4.42 Å². The third kappa shape index (κ3) is 1.57. The van der Waals surface area contributed by atoms with E-state index in [0.717, 1.165) is 18.4 Å². The highest BCUT2D eigenvalue weighted by Crippen LogP contribution is 2.37. The van der Waals surface area contributed by atoms with Crippen molar-refractivity contribution in [2.75, 3.05) is 11.9 Å². The lowest BCUT2D eigenvalue weighted by Gasteiger charge is -1.97. The Kier molecular flexibility index (Phi) is 1.75. The summed E-state index contributed by atoms with van der Waals surface area (Å²) >= 11 is 0. The van der Waals surface area contributed by atoms with E-state index in [0.29, 0.717) is 11.9 Å². The lowest BCUT2D eigenvalue weighted by molar-refractivity contribution is 0.528. The standard InChI is InChI=1S/C8H13N3O/c1-5-3-7(5)4-9-8-11-10-6(2)12-8/h5,7H,3-4H2,1-2H3,(H,9,11). The van der Waals surface area contributed by atoms with Crippen LogP contribution in [-0.4, -0.2) is 16.7 Å². The maximum Gasteiger partial charge on any atom is 0.315 e. The molecular weight excluding hydrogens is 154 g/mol. The lowest BCUT2D eigenvalue weighted by atomic mass is 10.3. The maximum atomic E-state index is 5.16. The van der Waals surface area contributed by atoms with Gasteiger partial charge in [0.05, 0.1) is 0 Å². The van der Waals surface area contributed by atoms with E-state index >= 15 is 0 Å². The predicted molar refractivity (Wildman–Crippen MR) is 44.8 cm³/mol. The minimum absolute atomic E-state index is 0.548. The second-order valence-electron chi connectivity index (χ2n) is 3.48. The van der Waals surface area contributed by atoms with Crippen LogP contribution in [0.1, 0.15) is 19.2 Å². The van der Waals surface area contributed by atoms with Crippen molar-refractivity contribution >= 4 is 6.01 Å². The number of aryl methyl sites for hydroxylation is 1. The Labute approximate surface area is 71.4 Å². The normalized spacial score (nSPS) is 27.2. The molecule has 1 aromatic rings. The Morgan fingerprint density at radius 2 is 2.33 bits per heavy atom. The van der Waals surface area contributed by atoms with Crippen LogP contribution in [0.2, 0.25) is 0 Å². The van der Waals surface area contributed by atoms with Gasteiger partial charge < -0.3 is 9.73 Å². The van der Waals surface area contributed by atoms with E-state index in [9.17, 15) is 0 Å². The number of rotatable bonds is 3. The van der Waals surface area contributed by atoms with Crippen LogP contribution in [-0.2, 0) is 0 Å². The molecular formula is C8H13N3O. The van der Waals surface area contributed by atoms with E-state index in [1.807, 2.05) is 0 Å². The van der Waals surface area contributed by atoms with Gasteiger partial charge in [-0.25, -0.2) is 0 Å². The SMILES string of the molecule is Cc1nnc(NCC2CC2C)o1. The highest BCUT2D eigenvalue weighted by atomic mass is 16.4. The van der Waals surface area contributed by atoms with Gasteiger partial charge in [-0.3, -0.25) is 0 Å². The Bertz CT molecular complexity index is 271. The van der Waals surface area contributed by atoms with Crippen molar-refractivity contribution in [2.45, 2.75) is 20.3 Å². The van der Waals surface area contributed by atoms with Gasteiger partial charge in [-0.15, -0.1) is 5.10 Å². The van der Waals surface area contributed by atoms with Crippen molar-refractivity contribution < 1.29 is 4.42 Å². The van der Waals surface area contributed by atoms with Crippen molar-refractivity contribution in [3.63, 3.8) is 0 Å². The van der Waals surface area contributed by atoms with Gasteiger partial charge in [0, 0.05) is 13.5 Å². The molecule has 0 aliphatic heterocycles. The summed E-state index contributed by atoms with van der Waals surface area (Å²) in [7, 11) is 0. The Morgan fingerprint density at radius 3 is 2.83 bits per heavy atom. The minimum atomic E-state index is 0.548. The third-order valence-electron chi connectivity index (χ3n) is 2.32. The molecule has 2 rings (SSSR count). The molecule has 0 radical (unpaired) electrons. The molecule has 2 atom stereocenters. The average Bonchev–Trinajstić information content (AvgIpc) is 2.56. The molecule has 1 saturated carbocycles. The molecule has 1 aliphatic rings. The van der Waals surface area contributed by atoms with E-state index in [-0.39, 0.29) is 0 Å². The van der Waals surface area contributed by atoms with Gasteiger partial charge in [-0.1, -0.05) is 12.0 Å². The molecule has 1 fully saturated rings. The predicted octanol–water partition coefficient (Wildman–Crippen LogP) is 1.45. The van der Waals surface area contributed by atoms with Gasteiger partial charge in [0.2, 0.25) is 5.89 Å². The fourth-order valence-electron chi connectivity index (χ4n) is 1.27. The summed E-state index contributed by atoms with van der Waals surface area (Å²) < 4.78 is 5.16. The molecule has 1 N–H and O–H groups in total. The molecule has 0 spiro atoms. The number of nitrogens with one attached hydrogen (secondary N) is 1. The van der Waals surface area contributed by atoms with Crippen LogP contribution in [0, 0.1) is 18.8 Å². The maximum absolute atomic E-state index is 5.16. The molecule has 4 nitrogen and oxygen atoms in total. The molecule has 0 amide bonds. The van der Waals surface area contributed by atoms with E-state index in [2.05, 4.69) is 22.4 Å². The molecule has 66 valence electrons. The first-order chi connectivity index (χ1) is 5.75. The summed E-state index contributed by atoms with van der Waals surface area (Å²) in [5.41, 5.74) is 0. The van der Waals surface area contributed by atoms with Gasteiger partial charge in [0.15, 0.2) is 0 Å². The van der Waals surface area contributed by atoms with Crippen molar-refractivity contribution in [1.29, 1.82) is 0 Å². The fraction of sp³-hybridized carbons (Fsp3) is 0.750. The summed E-state index contributed by atoms with van der Waals surface area (Å²) in [5, 5.41) is 10.7. The fourth-order valence-corrected chi connectivity index (χ4v) is 1.27. The number of nitrogens with zero attached hydrogens (tertiary/aromatic N) is 2. The first-order valence-corrected chi connectivity index (χ1v) is 4.29. The zero-order chi connectivity index (χ0) is 8.55. The summed E-state index contributed by atoms with van der Waals surface area (Å²) in [6.07, 6.45) is 1.32. The van der Waals surface area contributed by atoms with E-state index in [1.54, 1.807) is 6.92 Å². The summed E-state index contributed by atoms with van der Waals surface area (Å²) in [5.74, 6) is 2.28. The van der Waals surface area contributed by atoms with Crippen molar-refractivity contribution in [3.8, 4) is 0 Å². The van der Waals surface area contributed by atoms with Gasteiger partial charge >= 0.3 is 6.01 Å². The first kappa shape index (κ1) is 7.58. The van der Waals surface area contributed by atoms with Crippen LogP contribution >= 0.6 is 0 Å². The Balaban J connectivity index is 1.80. The zero-order valence-corrected chi connectivity index (χ0v) is 7.37. The third-order valence-corrected chi connectivity index (χ3v) is 2.32. The van der Waals surface area contributed by atoms with E-state index in [4.69, 9.17) is 4.42 Å².